The molecule has 2 aromatic carbocycles. The van der Waals surface area contributed by atoms with Crippen molar-refractivity contribution in [1.29, 1.82) is 0 Å². The van der Waals surface area contributed by atoms with Crippen LogP contribution in [0.5, 0.6) is 5.75 Å². The molecule has 0 aromatic heterocycles. The number of rotatable bonds is 5. The Bertz CT molecular complexity index is 642. The number of hydrogen-bond donors (Lipinski definition) is 1. The Morgan fingerprint density at radius 1 is 1.19 bits per heavy atom. The average Bonchev–Trinajstić information content (AvgIpc) is 3.28. The number of benzene rings is 2. The van der Waals surface area contributed by atoms with Gasteiger partial charge in [-0.2, -0.15) is 0 Å². The Labute approximate surface area is 132 Å². The molecule has 1 atom stereocenters. The second-order valence-corrected chi connectivity index (χ2v) is 6.14. The Kier molecular flexibility index (Phi) is 4.27. The van der Waals surface area contributed by atoms with Crippen LogP contribution in [0, 0.1) is 5.82 Å². The monoisotopic (exact) mass is 349 g/mol. The molecule has 0 heterocycles. The van der Waals surface area contributed by atoms with Gasteiger partial charge in [0, 0.05) is 0 Å². The van der Waals surface area contributed by atoms with Crippen molar-refractivity contribution in [3.05, 3.63) is 63.9 Å². The van der Waals surface area contributed by atoms with Crippen LogP contribution in [-0.2, 0) is 0 Å². The fourth-order valence-electron chi connectivity index (χ4n) is 2.36. The van der Waals surface area contributed by atoms with E-state index in [2.05, 4.69) is 33.4 Å². The van der Waals surface area contributed by atoms with Crippen molar-refractivity contribution in [3.8, 4) is 5.75 Å². The van der Waals surface area contributed by atoms with Crippen LogP contribution in [0.4, 0.5) is 4.39 Å². The molecule has 1 aliphatic carbocycles. The normalized spacial score (nSPS) is 15.8. The van der Waals surface area contributed by atoms with E-state index in [-0.39, 0.29) is 11.9 Å². The molecule has 1 unspecified atom stereocenters. The summed E-state index contributed by atoms with van der Waals surface area (Å²) in [5.41, 5.74) is 2.11. The predicted molar refractivity (Wildman–Crippen MR) is 85.1 cm³/mol. The molecule has 0 radical (unpaired) electrons. The van der Waals surface area contributed by atoms with Crippen molar-refractivity contribution in [3.63, 3.8) is 0 Å². The van der Waals surface area contributed by atoms with Crippen molar-refractivity contribution >= 4 is 15.9 Å². The van der Waals surface area contributed by atoms with Crippen LogP contribution in [0.2, 0.25) is 0 Å². The zero-order chi connectivity index (χ0) is 14.8. The molecule has 110 valence electrons. The van der Waals surface area contributed by atoms with Crippen LogP contribution in [0.15, 0.2) is 46.9 Å². The summed E-state index contributed by atoms with van der Waals surface area (Å²) in [4.78, 5) is 0. The maximum absolute atomic E-state index is 13.4. The fraction of sp³-hybridized carbons (Fsp3) is 0.294. The van der Waals surface area contributed by atoms with Gasteiger partial charge in [0.2, 0.25) is 0 Å². The van der Waals surface area contributed by atoms with E-state index in [1.165, 1.54) is 6.07 Å². The average molecular weight is 350 g/mol. The van der Waals surface area contributed by atoms with Gasteiger partial charge < -0.3 is 10.1 Å². The summed E-state index contributed by atoms with van der Waals surface area (Å²) in [6.07, 6.45) is 2.67. The minimum absolute atomic E-state index is 0.00431. The first-order chi connectivity index (χ1) is 10.2. The first kappa shape index (κ1) is 14.5. The number of hydrogen-bond acceptors (Lipinski definition) is 2. The molecule has 0 bridgehead atoms. The first-order valence-electron chi connectivity index (χ1n) is 7.06. The highest BCUT2D eigenvalue weighted by Gasteiger charge is 2.24. The molecule has 4 heteroatoms. The zero-order valence-electron chi connectivity index (χ0n) is 11.8. The van der Waals surface area contributed by atoms with Crippen LogP contribution in [0.25, 0.3) is 0 Å². The molecule has 2 aromatic rings. The molecule has 0 aliphatic heterocycles. The van der Waals surface area contributed by atoms with E-state index in [1.807, 2.05) is 25.2 Å². The van der Waals surface area contributed by atoms with Crippen molar-refractivity contribution < 1.29 is 9.13 Å². The molecule has 2 nitrogen and oxygen atoms in total. The molecular formula is C17H17BrFNO. The Morgan fingerprint density at radius 3 is 2.62 bits per heavy atom. The topological polar surface area (TPSA) is 21.3 Å². The minimum Gasteiger partial charge on any atom is -0.490 e. The number of halogens is 2. The van der Waals surface area contributed by atoms with Crippen molar-refractivity contribution in [1.82, 2.24) is 5.32 Å². The lowest BCUT2D eigenvalue weighted by molar-refractivity contribution is 0.302. The smallest absolute Gasteiger partial charge is 0.137 e. The molecule has 1 fully saturated rings. The predicted octanol–water partition coefficient (Wildman–Crippen LogP) is 4.44. The van der Waals surface area contributed by atoms with Gasteiger partial charge >= 0.3 is 0 Å². The quantitative estimate of drug-likeness (QED) is 0.861. The summed E-state index contributed by atoms with van der Waals surface area (Å²) in [6.45, 7) is 0. The Balaban J connectivity index is 1.89. The van der Waals surface area contributed by atoms with Crippen molar-refractivity contribution in [2.24, 2.45) is 0 Å². The number of ether oxygens (including phenoxy) is 1. The maximum Gasteiger partial charge on any atom is 0.137 e. The first-order valence-corrected chi connectivity index (χ1v) is 7.85. The molecule has 3 rings (SSSR count). The molecule has 1 aliphatic rings. The van der Waals surface area contributed by atoms with Crippen molar-refractivity contribution in [2.75, 3.05) is 7.05 Å². The lowest BCUT2D eigenvalue weighted by Gasteiger charge is -2.18. The van der Waals surface area contributed by atoms with E-state index in [1.54, 1.807) is 6.07 Å². The van der Waals surface area contributed by atoms with Crippen LogP contribution in [-0.4, -0.2) is 13.2 Å². The fourth-order valence-corrected chi connectivity index (χ4v) is 2.76. The Hall–Kier alpha value is -1.39. The van der Waals surface area contributed by atoms with Crippen LogP contribution < -0.4 is 10.1 Å². The van der Waals surface area contributed by atoms with Gasteiger partial charge in [0.15, 0.2) is 0 Å². The summed E-state index contributed by atoms with van der Waals surface area (Å²) < 4.78 is 19.7. The van der Waals surface area contributed by atoms with Gasteiger partial charge in [-0.05, 0) is 71.2 Å². The van der Waals surface area contributed by atoms with E-state index in [9.17, 15) is 4.39 Å². The van der Waals surface area contributed by atoms with Crippen LogP contribution in [0.1, 0.15) is 30.0 Å². The Morgan fingerprint density at radius 2 is 1.95 bits per heavy atom. The highest BCUT2D eigenvalue weighted by molar-refractivity contribution is 9.10. The van der Waals surface area contributed by atoms with Gasteiger partial charge in [0.25, 0.3) is 0 Å². The maximum atomic E-state index is 13.4. The van der Waals surface area contributed by atoms with Gasteiger partial charge in [0.05, 0.1) is 16.6 Å². The molecule has 1 saturated carbocycles. The van der Waals surface area contributed by atoms with Crippen LogP contribution in [0.3, 0.4) is 0 Å². The molecule has 0 spiro atoms. The molecular weight excluding hydrogens is 333 g/mol. The van der Waals surface area contributed by atoms with E-state index in [0.717, 1.165) is 29.7 Å². The van der Waals surface area contributed by atoms with Gasteiger partial charge in [0.1, 0.15) is 11.6 Å². The molecule has 0 amide bonds. The molecule has 0 saturated heterocycles. The molecule has 21 heavy (non-hydrogen) atoms. The van der Waals surface area contributed by atoms with E-state index >= 15 is 0 Å². The lowest BCUT2D eigenvalue weighted by atomic mass is 9.98. The van der Waals surface area contributed by atoms with E-state index in [4.69, 9.17) is 4.74 Å². The van der Waals surface area contributed by atoms with Crippen LogP contribution >= 0.6 is 15.9 Å². The second kappa shape index (κ2) is 6.16. The van der Waals surface area contributed by atoms with E-state index < -0.39 is 0 Å². The highest BCUT2D eigenvalue weighted by atomic mass is 79.9. The third-order valence-electron chi connectivity index (χ3n) is 3.58. The summed E-state index contributed by atoms with van der Waals surface area (Å²) in [7, 11) is 1.90. The van der Waals surface area contributed by atoms with Gasteiger partial charge in [-0.15, -0.1) is 0 Å². The van der Waals surface area contributed by atoms with Crippen molar-refractivity contribution in [2.45, 2.75) is 25.0 Å². The lowest BCUT2D eigenvalue weighted by Crippen LogP contribution is -2.17. The third kappa shape index (κ3) is 3.44. The third-order valence-corrected chi connectivity index (χ3v) is 4.19. The van der Waals surface area contributed by atoms with Gasteiger partial charge in [-0.25, -0.2) is 4.39 Å². The summed E-state index contributed by atoms with van der Waals surface area (Å²) in [5, 5.41) is 3.28. The molecule has 1 N–H and O–H groups in total. The summed E-state index contributed by atoms with van der Waals surface area (Å²) in [5.74, 6) is 0.649. The largest absolute Gasteiger partial charge is 0.490 e. The number of nitrogens with one attached hydrogen (secondary N) is 1. The van der Waals surface area contributed by atoms with E-state index in [0.29, 0.717) is 10.6 Å². The SMILES string of the molecule is CNC(c1cccc(OC2CC2)c1)c1ccc(F)c(Br)c1. The highest BCUT2D eigenvalue weighted by Crippen LogP contribution is 2.31. The zero-order valence-corrected chi connectivity index (χ0v) is 13.4. The van der Waals surface area contributed by atoms with Gasteiger partial charge in [-0.3, -0.25) is 0 Å². The van der Waals surface area contributed by atoms with Gasteiger partial charge in [-0.1, -0.05) is 18.2 Å². The summed E-state index contributed by atoms with van der Waals surface area (Å²) >= 11 is 3.24. The minimum atomic E-state index is -0.251. The summed E-state index contributed by atoms with van der Waals surface area (Å²) in [6, 6.07) is 13.2. The second-order valence-electron chi connectivity index (χ2n) is 5.28. The standard InChI is InChI=1S/C17H17BrFNO/c1-20-17(12-5-8-16(19)15(18)10-12)11-3-2-4-14(9-11)21-13-6-7-13/h2-5,8-10,13,17,20H,6-7H2,1H3.